The van der Waals surface area contributed by atoms with Crippen LogP contribution in [0.25, 0.3) is 0 Å². The molecule has 2 aromatic heterocycles. The molecule has 0 spiro atoms. The summed E-state index contributed by atoms with van der Waals surface area (Å²) in [6, 6.07) is 10.7. The highest BCUT2D eigenvalue weighted by atomic mass is 16.1. The number of nitrogens with two attached hydrogens (primary N) is 3. The Labute approximate surface area is 185 Å². The molecule has 1 amide bonds. The SMILES string of the molecule is N=C/C(=C\NCc1ccc(C(=O)NCc2ccn[nH]2)cc1)Cc1cc(N)nc(NN)c1N. The van der Waals surface area contributed by atoms with E-state index in [0.29, 0.717) is 47.7 Å². The largest absolute Gasteiger partial charge is 0.395 e. The van der Waals surface area contributed by atoms with Crippen molar-refractivity contribution in [3.8, 4) is 0 Å². The van der Waals surface area contributed by atoms with Crippen molar-refractivity contribution < 1.29 is 4.79 Å². The van der Waals surface area contributed by atoms with Crippen molar-refractivity contribution in [3.63, 3.8) is 0 Å². The number of carbonyl (C=O) groups is 1. The molecule has 11 N–H and O–H groups in total. The summed E-state index contributed by atoms with van der Waals surface area (Å²) in [5.41, 5.74) is 18.4. The average molecular weight is 435 g/mol. The number of hydrazine groups is 1. The average Bonchev–Trinajstić information content (AvgIpc) is 3.33. The van der Waals surface area contributed by atoms with Gasteiger partial charge >= 0.3 is 0 Å². The lowest BCUT2D eigenvalue weighted by atomic mass is 10.1. The van der Waals surface area contributed by atoms with Crippen LogP contribution in [0.1, 0.15) is 27.2 Å². The fourth-order valence-corrected chi connectivity index (χ4v) is 2.98. The number of pyridine rings is 1. The Bertz CT molecular complexity index is 1090. The van der Waals surface area contributed by atoms with Gasteiger partial charge in [0, 0.05) is 37.1 Å². The van der Waals surface area contributed by atoms with Gasteiger partial charge in [-0.05, 0) is 41.0 Å². The van der Waals surface area contributed by atoms with Gasteiger partial charge in [0.1, 0.15) is 5.82 Å². The maximum Gasteiger partial charge on any atom is 0.251 e. The van der Waals surface area contributed by atoms with Gasteiger partial charge in [0.15, 0.2) is 5.82 Å². The second kappa shape index (κ2) is 10.6. The summed E-state index contributed by atoms with van der Waals surface area (Å²) < 4.78 is 0. The van der Waals surface area contributed by atoms with E-state index in [-0.39, 0.29) is 11.7 Å². The lowest BCUT2D eigenvalue weighted by Gasteiger charge is -2.12. The van der Waals surface area contributed by atoms with Crippen LogP contribution < -0.4 is 33.4 Å². The van der Waals surface area contributed by atoms with Crippen LogP contribution in [-0.2, 0) is 19.5 Å². The predicted molar refractivity (Wildman–Crippen MR) is 124 cm³/mol. The minimum Gasteiger partial charge on any atom is -0.395 e. The van der Waals surface area contributed by atoms with Gasteiger partial charge in [0.25, 0.3) is 5.91 Å². The highest BCUT2D eigenvalue weighted by Crippen LogP contribution is 2.24. The van der Waals surface area contributed by atoms with Crippen molar-refractivity contribution in [2.45, 2.75) is 19.5 Å². The first-order valence-electron chi connectivity index (χ1n) is 9.80. The number of nitrogen functional groups attached to an aromatic ring is 3. The van der Waals surface area contributed by atoms with E-state index in [0.717, 1.165) is 11.3 Å². The van der Waals surface area contributed by atoms with E-state index < -0.39 is 0 Å². The molecule has 11 nitrogen and oxygen atoms in total. The van der Waals surface area contributed by atoms with E-state index in [1.54, 1.807) is 36.7 Å². The number of anilines is 3. The summed E-state index contributed by atoms with van der Waals surface area (Å²) in [5.74, 6) is 5.84. The molecule has 0 aliphatic heterocycles. The molecule has 32 heavy (non-hydrogen) atoms. The molecule has 0 fully saturated rings. The number of H-pyrrole nitrogens is 1. The van der Waals surface area contributed by atoms with E-state index in [2.05, 4.69) is 31.2 Å². The van der Waals surface area contributed by atoms with Gasteiger partial charge in [0.2, 0.25) is 0 Å². The smallest absolute Gasteiger partial charge is 0.251 e. The zero-order valence-electron chi connectivity index (χ0n) is 17.4. The molecule has 0 atom stereocenters. The van der Waals surface area contributed by atoms with Gasteiger partial charge in [-0.2, -0.15) is 5.10 Å². The number of hydrogen-bond donors (Lipinski definition) is 8. The van der Waals surface area contributed by atoms with Crippen LogP contribution in [0, 0.1) is 5.41 Å². The summed E-state index contributed by atoms with van der Waals surface area (Å²) in [5, 5.41) is 20.3. The molecule has 166 valence electrons. The van der Waals surface area contributed by atoms with Crippen molar-refractivity contribution in [2.24, 2.45) is 5.84 Å². The number of aromatic nitrogens is 3. The van der Waals surface area contributed by atoms with Crippen LogP contribution in [0.15, 0.2) is 54.4 Å². The fraction of sp³-hybridized carbons (Fsp3) is 0.143. The standard InChI is InChI=1S/C21H26N10O/c22-9-14(7-16-8-18(23)29-20(30-25)19(16)24)11-26-10-13-1-3-15(4-2-13)21(32)27-12-17-5-6-28-31-17/h1-6,8-9,11,22,26H,7,10,12,24-25H2,(H,27,32)(H,28,31)(H3,23,29,30)/b14-11-,22-9?. The Balaban J connectivity index is 1.55. The van der Waals surface area contributed by atoms with Crippen LogP contribution in [-0.4, -0.2) is 27.3 Å². The first-order valence-corrected chi connectivity index (χ1v) is 9.80. The minimum absolute atomic E-state index is 0.161. The third-order valence-electron chi connectivity index (χ3n) is 4.69. The van der Waals surface area contributed by atoms with Crippen LogP contribution in [0.2, 0.25) is 0 Å². The third-order valence-corrected chi connectivity index (χ3v) is 4.69. The molecule has 3 rings (SSSR count). The molecule has 0 unspecified atom stereocenters. The molecule has 2 heterocycles. The number of nitrogens with one attached hydrogen (secondary N) is 5. The van der Waals surface area contributed by atoms with Crippen LogP contribution >= 0.6 is 0 Å². The molecule has 0 aliphatic carbocycles. The lowest BCUT2D eigenvalue weighted by Crippen LogP contribution is -2.23. The van der Waals surface area contributed by atoms with Gasteiger partial charge in [-0.15, -0.1) is 0 Å². The van der Waals surface area contributed by atoms with Crippen LogP contribution in [0.5, 0.6) is 0 Å². The predicted octanol–water partition coefficient (Wildman–Crippen LogP) is 1.05. The maximum atomic E-state index is 12.2. The monoisotopic (exact) mass is 434 g/mol. The lowest BCUT2D eigenvalue weighted by molar-refractivity contribution is 0.0950. The van der Waals surface area contributed by atoms with E-state index >= 15 is 0 Å². The third kappa shape index (κ3) is 5.83. The highest BCUT2D eigenvalue weighted by Gasteiger charge is 2.10. The molecular formula is C21H26N10O. The summed E-state index contributed by atoms with van der Waals surface area (Å²) in [7, 11) is 0. The zero-order valence-corrected chi connectivity index (χ0v) is 17.4. The Morgan fingerprint density at radius 1 is 1.16 bits per heavy atom. The second-order valence-electron chi connectivity index (χ2n) is 7.00. The first kappa shape index (κ1) is 22.3. The van der Waals surface area contributed by atoms with Crippen LogP contribution in [0.4, 0.5) is 17.3 Å². The van der Waals surface area contributed by atoms with Gasteiger partial charge in [-0.1, -0.05) is 12.1 Å². The molecule has 1 aromatic carbocycles. The van der Waals surface area contributed by atoms with E-state index in [4.69, 9.17) is 22.7 Å². The minimum atomic E-state index is -0.161. The Kier molecular flexibility index (Phi) is 7.38. The number of amides is 1. The van der Waals surface area contributed by atoms with Gasteiger partial charge in [-0.25, -0.2) is 10.8 Å². The molecule has 0 saturated heterocycles. The summed E-state index contributed by atoms with van der Waals surface area (Å²) in [6.07, 6.45) is 5.01. The number of hydrogen-bond acceptors (Lipinski definition) is 9. The molecular weight excluding hydrogens is 408 g/mol. The van der Waals surface area contributed by atoms with Crippen molar-refractivity contribution in [1.29, 1.82) is 5.41 Å². The van der Waals surface area contributed by atoms with Crippen molar-refractivity contribution in [3.05, 3.63) is 76.8 Å². The Hall–Kier alpha value is -4.38. The highest BCUT2D eigenvalue weighted by molar-refractivity contribution is 5.94. The number of carbonyl (C=O) groups excluding carboxylic acids is 1. The van der Waals surface area contributed by atoms with Crippen molar-refractivity contribution >= 4 is 29.4 Å². The number of nitrogens with zero attached hydrogens (tertiary/aromatic N) is 2. The molecule has 0 bridgehead atoms. The summed E-state index contributed by atoms with van der Waals surface area (Å²) in [4.78, 5) is 16.3. The number of allylic oxidation sites excluding steroid dienone is 1. The van der Waals surface area contributed by atoms with Crippen molar-refractivity contribution in [1.82, 2.24) is 25.8 Å². The van der Waals surface area contributed by atoms with E-state index in [1.165, 1.54) is 6.21 Å². The molecule has 3 aromatic rings. The first-order chi connectivity index (χ1) is 15.5. The molecule has 11 heteroatoms. The van der Waals surface area contributed by atoms with E-state index in [1.807, 2.05) is 12.1 Å². The second-order valence-corrected chi connectivity index (χ2v) is 7.00. The Morgan fingerprint density at radius 3 is 2.59 bits per heavy atom. The van der Waals surface area contributed by atoms with Crippen LogP contribution in [0.3, 0.4) is 0 Å². The van der Waals surface area contributed by atoms with Gasteiger partial charge < -0.3 is 32.9 Å². The van der Waals surface area contributed by atoms with Gasteiger partial charge in [-0.3, -0.25) is 9.89 Å². The maximum absolute atomic E-state index is 12.2. The molecule has 0 saturated carbocycles. The normalized spacial score (nSPS) is 11.1. The molecule has 0 radical (unpaired) electrons. The van der Waals surface area contributed by atoms with Gasteiger partial charge in [0.05, 0.1) is 17.9 Å². The topological polar surface area (TPSA) is 197 Å². The number of rotatable bonds is 10. The van der Waals surface area contributed by atoms with Crippen molar-refractivity contribution in [2.75, 3.05) is 16.9 Å². The summed E-state index contributed by atoms with van der Waals surface area (Å²) in [6.45, 7) is 0.909. The number of aromatic amines is 1. The Morgan fingerprint density at radius 2 is 1.94 bits per heavy atom. The fourth-order valence-electron chi connectivity index (χ4n) is 2.98. The number of benzene rings is 1. The van der Waals surface area contributed by atoms with E-state index in [9.17, 15) is 4.79 Å². The molecule has 0 aliphatic rings. The zero-order chi connectivity index (χ0) is 22.9. The quantitative estimate of drug-likeness (QED) is 0.131. The summed E-state index contributed by atoms with van der Waals surface area (Å²) >= 11 is 0.